The fraction of sp³-hybridized carbons (Fsp3) is 0.500. The lowest BCUT2D eigenvalue weighted by molar-refractivity contribution is 0.0622. The molecule has 0 bridgehead atoms. The molecule has 2 rings (SSSR count). The van der Waals surface area contributed by atoms with E-state index in [1.54, 1.807) is 6.07 Å². The van der Waals surface area contributed by atoms with Crippen LogP contribution in [0.1, 0.15) is 35.2 Å². The first kappa shape index (κ1) is 12.9. The van der Waals surface area contributed by atoms with Crippen molar-refractivity contribution in [2.45, 2.75) is 32.2 Å². The standard InChI is InChI=1S/C14H21N3O/c1-10-5-6-11(16)8-13(10)14(18)17-7-3-2-4-12(17)9-15/h5-6,8,12H,2-4,7,9,15-16H2,1H3. The molecule has 1 aliphatic heterocycles. The van der Waals surface area contributed by atoms with Gasteiger partial charge in [0.05, 0.1) is 0 Å². The number of nitrogen functional groups attached to an aromatic ring is 1. The first-order valence-corrected chi connectivity index (χ1v) is 6.50. The lowest BCUT2D eigenvalue weighted by atomic mass is 9.99. The Bertz CT molecular complexity index is 445. The van der Waals surface area contributed by atoms with Crippen molar-refractivity contribution in [2.24, 2.45) is 5.73 Å². The van der Waals surface area contributed by atoms with Crippen molar-refractivity contribution in [3.05, 3.63) is 29.3 Å². The van der Waals surface area contributed by atoms with E-state index in [-0.39, 0.29) is 11.9 Å². The summed E-state index contributed by atoms with van der Waals surface area (Å²) in [5.74, 6) is 0.0648. The number of rotatable bonds is 2. The van der Waals surface area contributed by atoms with Crippen LogP contribution < -0.4 is 11.5 Å². The Balaban J connectivity index is 2.26. The van der Waals surface area contributed by atoms with Crippen molar-refractivity contribution in [1.82, 2.24) is 4.90 Å². The van der Waals surface area contributed by atoms with Crippen LogP contribution in [0.4, 0.5) is 5.69 Å². The number of nitrogens with zero attached hydrogens (tertiary/aromatic N) is 1. The summed E-state index contributed by atoms with van der Waals surface area (Å²) in [4.78, 5) is 14.5. The summed E-state index contributed by atoms with van der Waals surface area (Å²) in [6, 6.07) is 5.65. The molecule has 4 nitrogen and oxygen atoms in total. The molecule has 4 heteroatoms. The number of hydrogen-bond donors (Lipinski definition) is 2. The van der Waals surface area contributed by atoms with E-state index in [0.717, 1.165) is 31.4 Å². The molecular weight excluding hydrogens is 226 g/mol. The summed E-state index contributed by atoms with van der Waals surface area (Å²) in [6.45, 7) is 3.27. The van der Waals surface area contributed by atoms with E-state index in [1.165, 1.54) is 0 Å². The lowest BCUT2D eigenvalue weighted by Gasteiger charge is -2.35. The predicted molar refractivity (Wildman–Crippen MR) is 73.3 cm³/mol. The second kappa shape index (κ2) is 5.40. The number of benzene rings is 1. The van der Waals surface area contributed by atoms with Crippen molar-refractivity contribution in [1.29, 1.82) is 0 Å². The Morgan fingerprint density at radius 2 is 2.22 bits per heavy atom. The zero-order valence-electron chi connectivity index (χ0n) is 10.9. The van der Waals surface area contributed by atoms with Crippen molar-refractivity contribution in [3.8, 4) is 0 Å². The molecule has 18 heavy (non-hydrogen) atoms. The normalized spacial score (nSPS) is 19.9. The largest absolute Gasteiger partial charge is 0.399 e. The third-order valence-electron chi connectivity index (χ3n) is 3.65. The van der Waals surface area contributed by atoms with E-state index in [4.69, 9.17) is 11.5 Å². The summed E-state index contributed by atoms with van der Waals surface area (Å²) in [5.41, 5.74) is 13.8. The number of aryl methyl sites for hydroxylation is 1. The van der Waals surface area contributed by atoms with Gasteiger partial charge in [-0.15, -0.1) is 0 Å². The molecule has 0 radical (unpaired) electrons. The molecule has 1 atom stereocenters. The molecule has 4 N–H and O–H groups in total. The second-order valence-corrected chi connectivity index (χ2v) is 4.96. The number of carbonyl (C=O) groups is 1. The fourth-order valence-electron chi connectivity index (χ4n) is 2.54. The van der Waals surface area contributed by atoms with Crippen LogP contribution in [-0.2, 0) is 0 Å². The molecule has 0 aromatic heterocycles. The summed E-state index contributed by atoms with van der Waals surface area (Å²) in [5, 5.41) is 0. The van der Waals surface area contributed by atoms with Crippen LogP contribution in [0.5, 0.6) is 0 Å². The zero-order chi connectivity index (χ0) is 13.1. The Morgan fingerprint density at radius 3 is 2.94 bits per heavy atom. The fourth-order valence-corrected chi connectivity index (χ4v) is 2.54. The average Bonchev–Trinajstić information content (AvgIpc) is 2.40. The molecule has 1 aromatic rings. The number of amides is 1. The summed E-state index contributed by atoms with van der Waals surface area (Å²) in [7, 11) is 0. The van der Waals surface area contributed by atoms with Gasteiger partial charge in [0.15, 0.2) is 0 Å². The molecular formula is C14H21N3O. The van der Waals surface area contributed by atoms with Gasteiger partial charge in [-0.3, -0.25) is 4.79 Å². The van der Waals surface area contributed by atoms with Gasteiger partial charge < -0.3 is 16.4 Å². The monoisotopic (exact) mass is 247 g/mol. The van der Waals surface area contributed by atoms with Crippen LogP contribution in [0.15, 0.2) is 18.2 Å². The molecule has 1 saturated heterocycles. The predicted octanol–water partition coefficient (Wildman–Crippen LogP) is 1.53. The highest BCUT2D eigenvalue weighted by atomic mass is 16.2. The minimum atomic E-state index is 0.0648. The van der Waals surface area contributed by atoms with E-state index >= 15 is 0 Å². The van der Waals surface area contributed by atoms with Gasteiger partial charge in [0, 0.05) is 30.4 Å². The number of nitrogens with two attached hydrogens (primary N) is 2. The van der Waals surface area contributed by atoms with E-state index in [0.29, 0.717) is 17.8 Å². The summed E-state index contributed by atoms with van der Waals surface area (Å²) >= 11 is 0. The average molecular weight is 247 g/mol. The van der Waals surface area contributed by atoms with E-state index in [9.17, 15) is 4.79 Å². The maximum absolute atomic E-state index is 12.6. The van der Waals surface area contributed by atoms with Gasteiger partial charge in [-0.2, -0.15) is 0 Å². The Kier molecular flexibility index (Phi) is 3.87. The smallest absolute Gasteiger partial charge is 0.254 e. The van der Waals surface area contributed by atoms with Crippen molar-refractivity contribution in [3.63, 3.8) is 0 Å². The molecule has 1 unspecified atom stereocenters. The molecule has 0 spiro atoms. The van der Waals surface area contributed by atoms with Crippen LogP contribution >= 0.6 is 0 Å². The van der Waals surface area contributed by atoms with Gasteiger partial charge in [0.2, 0.25) is 0 Å². The number of carbonyl (C=O) groups excluding carboxylic acids is 1. The first-order valence-electron chi connectivity index (χ1n) is 6.50. The molecule has 1 aromatic carbocycles. The van der Waals surface area contributed by atoms with E-state index in [2.05, 4.69) is 0 Å². The maximum Gasteiger partial charge on any atom is 0.254 e. The highest BCUT2D eigenvalue weighted by Crippen LogP contribution is 2.21. The zero-order valence-corrected chi connectivity index (χ0v) is 10.9. The SMILES string of the molecule is Cc1ccc(N)cc1C(=O)N1CCCCC1CN. The minimum Gasteiger partial charge on any atom is -0.399 e. The Hall–Kier alpha value is -1.55. The number of anilines is 1. The molecule has 1 heterocycles. The lowest BCUT2D eigenvalue weighted by Crippen LogP contribution is -2.47. The van der Waals surface area contributed by atoms with Gasteiger partial charge in [0.1, 0.15) is 0 Å². The molecule has 98 valence electrons. The number of likely N-dealkylation sites (tertiary alicyclic amines) is 1. The van der Waals surface area contributed by atoms with Crippen LogP contribution in [0.3, 0.4) is 0 Å². The first-order chi connectivity index (χ1) is 8.63. The topological polar surface area (TPSA) is 72.4 Å². The summed E-state index contributed by atoms with van der Waals surface area (Å²) < 4.78 is 0. The van der Waals surface area contributed by atoms with Crippen LogP contribution in [-0.4, -0.2) is 29.9 Å². The Morgan fingerprint density at radius 1 is 1.44 bits per heavy atom. The molecule has 1 fully saturated rings. The van der Waals surface area contributed by atoms with Gasteiger partial charge in [-0.25, -0.2) is 0 Å². The molecule has 0 saturated carbocycles. The van der Waals surface area contributed by atoms with Crippen LogP contribution in [0, 0.1) is 6.92 Å². The van der Waals surface area contributed by atoms with E-state index in [1.807, 2.05) is 24.0 Å². The summed E-state index contributed by atoms with van der Waals surface area (Å²) in [6.07, 6.45) is 3.22. The maximum atomic E-state index is 12.6. The third-order valence-corrected chi connectivity index (χ3v) is 3.65. The highest BCUT2D eigenvalue weighted by molar-refractivity contribution is 5.96. The Labute approximate surface area is 108 Å². The van der Waals surface area contributed by atoms with Crippen molar-refractivity contribution < 1.29 is 4.79 Å². The van der Waals surface area contributed by atoms with Crippen molar-refractivity contribution in [2.75, 3.05) is 18.8 Å². The van der Waals surface area contributed by atoms with Gasteiger partial charge >= 0.3 is 0 Å². The van der Waals surface area contributed by atoms with Crippen molar-refractivity contribution >= 4 is 11.6 Å². The number of piperidine rings is 1. The van der Waals surface area contributed by atoms with Gasteiger partial charge in [0.25, 0.3) is 5.91 Å². The molecule has 1 aliphatic rings. The van der Waals surface area contributed by atoms with Gasteiger partial charge in [-0.05, 0) is 43.9 Å². The van der Waals surface area contributed by atoms with E-state index < -0.39 is 0 Å². The quantitative estimate of drug-likeness (QED) is 0.778. The van der Waals surface area contributed by atoms with Gasteiger partial charge in [-0.1, -0.05) is 6.07 Å². The van der Waals surface area contributed by atoms with Crippen LogP contribution in [0.25, 0.3) is 0 Å². The van der Waals surface area contributed by atoms with Crippen LogP contribution in [0.2, 0.25) is 0 Å². The molecule has 1 amide bonds. The minimum absolute atomic E-state index is 0.0648. The number of hydrogen-bond acceptors (Lipinski definition) is 3. The molecule has 0 aliphatic carbocycles. The second-order valence-electron chi connectivity index (χ2n) is 4.96. The highest BCUT2D eigenvalue weighted by Gasteiger charge is 2.27. The third kappa shape index (κ3) is 2.48.